The Bertz CT molecular complexity index is 2370. The monoisotopic (exact) mass is 946 g/mol. The highest BCUT2D eigenvalue weighted by Gasteiger charge is 2.50. The fraction of sp³-hybridized carbons (Fsp3) is 0.357. The highest BCUT2D eigenvalue weighted by Crippen LogP contribution is 2.48. The van der Waals surface area contributed by atoms with E-state index in [0.29, 0.717) is 5.56 Å². The van der Waals surface area contributed by atoms with E-state index in [1.54, 1.807) is 0 Å². The number of rotatable bonds is 16. The van der Waals surface area contributed by atoms with Gasteiger partial charge in [-0.2, -0.15) is 0 Å². The first-order valence-electron chi connectivity index (χ1n) is 19.7. The van der Waals surface area contributed by atoms with Gasteiger partial charge in [0.1, 0.15) is 97.5 Å². The second-order valence-electron chi connectivity index (χ2n) is 14.9. The number of aliphatic hydroxyl groups excluding tert-OH is 5. The Balaban J connectivity index is 1.30. The molecule has 0 aromatic heterocycles. The van der Waals surface area contributed by atoms with Crippen molar-refractivity contribution in [2.75, 3.05) is 13.2 Å². The number of hydrogen-bond donors (Lipinski definition) is 12. The molecule has 0 saturated carbocycles. The van der Waals surface area contributed by atoms with Crippen molar-refractivity contribution in [1.82, 2.24) is 0 Å². The van der Waals surface area contributed by atoms with Crippen LogP contribution in [0.25, 0.3) is 12.2 Å². The molecule has 0 aliphatic carbocycles. The molecule has 0 spiro atoms. The summed E-state index contributed by atoms with van der Waals surface area (Å²) in [6.45, 7) is -1.66. The summed E-state index contributed by atoms with van der Waals surface area (Å²) in [6.07, 6.45) is -20.0. The molecular formula is C42H42O25. The van der Waals surface area contributed by atoms with E-state index in [-0.39, 0.29) is 22.6 Å². The summed E-state index contributed by atoms with van der Waals surface area (Å²) in [7, 11) is 0. The lowest BCUT2D eigenvalue weighted by Crippen LogP contribution is -2.61. The largest absolute Gasteiger partial charge is 0.508 e. The van der Waals surface area contributed by atoms with Crippen LogP contribution in [0.3, 0.4) is 0 Å². The van der Waals surface area contributed by atoms with Crippen LogP contribution in [-0.4, -0.2) is 166 Å². The molecule has 2 fully saturated rings. The number of esters is 3. The summed E-state index contributed by atoms with van der Waals surface area (Å²) in [5, 5.41) is 124. The van der Waals surface area contributed by atoms with E-state index >= 15 is 0 Å². The van der Waals surface area contributed by atoms with Gasteiger partial charge in [-0.25, -0.2) is 4.79 Å². The molecular weight excluding hydrogens is 904 g/mol. The lowest BCUT2D eigenvalue weighted by molar-refractivity contribution is -0.294. The molecule has 11 atom stereocenters. The standard InChI is InChI=1S/C42H42O25/c43-18-4-1-16(2-5-18)3-6-30(51)60-14-26-34(55)35(56)37(58)41(65-26)64-25-11-20-23(62-39(25)17-7-21(45)33(54)22(46)8-17)9-19(44)10-24(20)63-42-38(59)36(57)40(67-32(53)13-29(49)50)27(66-42)15-61-31(52)12-28(47)48/h1-11,26-27,34-46,54-59H,12-15H2,(H,47,48)(H,49,50)/b6-3+/t26-,27-,34+,35-,36+,37+,38+,39?,40+,41+,42+/m0/s1. The average molecular weight is 947 g/mol. The number of hydrogen-bond acceptors (Lipinski definition) is 23. The molecule has 12 N–H and O–H groups in total. The van der Waals surface area contributed by atoms with Crippen LogP contribution in [0.1, 0.15) is 35.6 Å². The number of benzene rings is 3. The number of phenols is 5. The Morgan fingerprint density at radius 2 is 1.24 bits per heavy atom. The van der Waals surface area contributed by atoms with Gasteiger partial charge in [0.15, 0.2) is 29.5 Å². The number of aliphatic hydroxyl groups is 5. The van der Waals surface area contributed by atoms with Gasteiger partial charge in [0, 0.05) is 23.8 Å². The molecule has 3 aliphatic rings. The summed E-state index contributed by atoms with van der Waals surface area (Å²) in [5.74, 6) is -11.3. The van der Waals surface area contributed by atoms with E-state index < -0.39 is 158 Å². The molecule has 25 nitrogen and oxygen atoms in total. The lowest BCUT2D eigenvalue weighted by atomic mass is 9.98. The number of phenolic OH excluding ortho intramolecular Hbond substituents is 5. The van der Waals surface area contributed by atoms with Gasteiger partial charge in [-0.15, -0.1) is 0 Å². The maximum atomic E-state index is 12.5. The normalized spacial score (nSPS) is 26.8. The Morgan fingerprint density at radius 3 is 1.90 bits per heavy atom. The maximum Gasteiger partial charge on any atom is 0.330 e. The number of carbonyl (C=O) groups excluding carboxylic acids is 3. The molecule has 6 rings (SSSR count). The van der Waals surface area contributed by atoms with E-state index in [9.17, 15) is 75.0 Å². The minimum Gasteiger partial charge on any atom is -0.508 e. The fourth-order valence-electron chi connectivity index (χ4n) is 6.75. The quantitative estimate of drug-likeness (QED) is 0.0269. The molecule has 0 amide bonds. The number of aliphatic carboxylic acids is 2. The van der Waals surface area contributed by atoms with Crippen LogP contribution in [0.4, 0.5) is 0 Å². The molecule has 25 heteroatoms. The number of carboxylic acid groups (broad SMARTS) is 2. The van der Waals surface area contributed by atoms with Gasteiger partial charge in [-0.1, -0.05) is 12.1 Å². The predicted octanol–water partition coefficient (Wildman–Crippen LogP) is -1.00. The molecule has 67 heavy (non-hydrogen) atoms. The zero-order valence-electron chi connectivity index (χ0n) is 34.2. The minimum atomic E-state index is -2.18. The van der Waals surface area contributed by atoms with E-state index in [0.717, 1.165) is 36.4 Å². The van der Waals surface area contributed by atoms with Gasteiger partial charge in [0.25, 0.3) is 0 Å². The fourth-order valence-corrected chi connectivity index (χ4v) is 6.75. The van der Waals surface area contributed by atoms with Crippen molar-refractivity contribution >= 4 is 42.0 Å². The SMILES string of the molecule is O=C(O)CC(=O)OC[C@@H]1O[C@@H](Oc2cc(O)cc3c2C=C(O[C@@H]2O[C@@H](COC(=O)/C=C/c4ccc(O)cc4)[C@@H](O)[C@H](O)[C@H]2O)C(c2cc(O)c(O)c(O)c2)O3)[C@H](O)[C@@H](O)[C@@H]1OC(=O)CC(=O)O. The Kier molecular flexibility index (Phi) is 15.3. The zero-order valence-corrected chi connectivity index (χ0v) is 34.2. The summed E-state index contributed by atoms with van der Waals surface area (Å²) in [4.78, 5) is 59.1. The van der Waals surface area contributed by atoms with Crippen LogP contribution in [0.2, 0.25) is 0 Å². The van der Waals surface area contributed by atoms with Gasteiger partial charge < -0.3 is 99.2 Å². The molecule has 3 aromatic rings. The molecule has 0 bridgehead atoms. The molecule has 3 aromatic carbocycles. The van der Waals surface area contributed by atoms with E-state index in [1.165, 1.54) is 30.3 Å². The van der Waals surface area contributed by atoms with Crippen molar-refractivity contribution in [1.29, 1.82) is 0 Å². The number of carbonyl (C=O) groups is 5. The first-order chi connectivity index (χ1) is 31.7. The summed E-state index contributed by atoms with van der Waals surface area (Å²) >= 11 is 0. The van der Waals surface area contributed by atoms with Gasteiger partial charge in [-0.05, 0) is 42.0 Å². The Labute approximate surface area is 375 Å². The van der Waals surface area contributed by atoms with Crippen molar-refractivity contribution in [3.8, 4) is 40.2 Å². The third-order valence-corrected chi connectivity index (χ3v) is 10.0. The summed E-state index contributed by atoms with van der Waals surface area (Å²) < 4.78 is 44.5. The van der Waals surface area contributed by atoms with Crippen molar-refractivity contribution in [2.24, 2.45) is 0 Å². The zero-order chi connectivity index (χ0) is 48.9. The highest BCUT2D eigenvalue weighted by atomic mass is 16.7. The van der Waals surface area contributed by atoms with Crippen molar-refractivity contribution < 1.29 is 123 Å². The molecule has 1 unspecified atom stereocenters. The first kappa shape index (κ1) is 49.1. The van der Waals surface area contributed by atoms with Crippen LogP contribution < -0.4 is 9.47 Å². The van der Waals surface area contributed by atoms with Gasteiger partial charge in [0.2, 0.25) is 12.6 Å². The molecule has 3 aliphatic heterocycles. The van der Waals surface area contributed by atoms with Gasteiger partial charge in [0.05, 0.1) is 5.56 Å². The molecule has 360 valence electrons. The van der Waals surface area contributed by atoms with Crippen LogP contribution >= 0.6 is 0 Å². The average Bonchev–Trinajstić information content (AvgIpc) is 3.26. The first-order valence-corrected chi connectivity index (χ1v) is 19.7. The lowest BCUT2D eigenvalue weighted by Gasteiger charge is -2.42. The van der Waals surface area contributed by atoms with E-state index in [4.69, 9.17) is 48.1 Å². The molecule has 3 heterocycles. The van der Waals surface area contributed by atoms with Crippen molar-refractivity contribution in [2.45, 2.75) is 80.4 Å². The second-order valence-corrected chi connectivity index (χ2v) is 14.9. The number of aromatic hydroxyl groups is 5. The van der Waals surface area contributed by atoms with E-state index in [2.05, 4.69) is 0 Å². The molecule has 0 radical (unpaired) electrons. The minimum absolute atomic E-state index is 0.0130. The molecule has 2 saturated heterocycles. The predicted molar refractivity (Wildman–Crippen MR) is 213 cm³/mol. The number of carboxylic acids is 2. The number of fused-ring (bicyclic) bond motifs is 1. The van der Waals surface area contributed by atoms with Crippen LogP contribution in [-0.2, 0) is 52.4 Å². The van der Waals surface area contributed by atoms with Gasteiger partial charge in [-0.3, -0.25) is 19.2 Å². The summed E-state index contributed by atoms with van der Waals surface area (Å²) in [6, 6.07) is 9.60. The van der Waals surface area contributed by atoms with E-state index in [1.807, 2.05) is 0 Å². The van der Waals surface area contributed by atoms with Crippen LogP contribution in [0.5, 0.6) is 40.2 Å². The van der Waals surface area contributed by atoms with Crippen molar-refractivity contribution in [3.63, 3.8) is 0 Å². The maximum absolute atomic E-state index is 12.5. The Morgan fingerprint density at radius 1 is 0.642 bits per heavy atom. The van der Waals surface area contributed by atoms with Gasteiger partial charge >= 0.3 is 29.8 Å². The van der Waals surface area contributed by atoms with Crippen LogP contribution in [0, 0.1) is 0 Å². The topological polar surface area (TPSA) is 402 Å². The highest BCUT2D eigenvalue weighted by molar-refractivity contribution is 5.90. The third kappa shape index (κ3) is 11.9. The number of ether oxygens (including phenoxy) is 8. The van der Waals surface area contributed by atoms with Crippen LogP contribution in [0.15, 0.2) is 60.4 Å². The summed E-state index contributed by atoms with van der Waals surface area (Å²) in [5.41, 5.74) is 0.157. The smallest absolute Gasteiger partial charge is 0.330 e. The van der Waals surface area contributed by atoms with Crippen molar-refractivity contribution in [3.05, 3.63) is 77.1 Å². The Hall–Kier alpha value is -7.39. The third-order valence-electron chi connectivity index (χ3n) is 10.0. The second kappa shape index (κ2) is 20.8.